The van der Waals surface area contributed by atoms with Crippen molar-refractivity contribution < 1.29 is 4.79 Å². The summed E-state index contributed by atoms with van der Waals surface area (Å²) in [6.07, 6.45) is 5.67. The third kappa shape index (κ3) is 3.89. The molecule has 0 atom stereocenters. The van der Waals surface area contributed by atoms with Crippen LogP contribution in [0, 0.1) is 0 Å². The van der Waals surface area contributed by atoms with Crippen LogP contribution in [-0.2, 0) is 0 Å². The summed E-state index contributed by atoms with van der Waals surface area (Å²) < 4.78 is 0. The first-order chi connectivity index (χ1) is 7.77. The fourth-order valence-corrected chi connectivity index (χ4v) is 1.44. The Bertz CT molecular complexity index is 369. The van der Waals surface area contributed by atoms with Crippen LogP contribution in [0.3, 0.4) is 0 Å². The predicted molar refractivity (Wildman–Crippen MR) is 69.0 cm³/mol. The smallest absolute Gasteiger partial charge is 0.185 e. The number of anilines is 1. The molecule has 0 unspecified atom stereocenters. The second kappa shape index (κ2) is 6.83. The van der Waals surface area contributed by atoms with Gasteiger partial charge in [-0.3, -0.25) is 4.79 Å². The Hall–Kier alpha value is -1.57. The molecule has 2 nitrogen and oxygen atoms in total. The number of allylic oxidation sites excluding steroid dienone is 2. The molecule has 0 aliphatic heterocycles. The van der Waals surface area contributed by atoms with Gasteiger partial charge in [-0.1, -0.05) is 31.6 Å². The number of carbonyl (C=O) groups is 1. The Balaban J connectivity index is 2.67. The normalized spacial score (nSPS) is 10.6. The van der Waals surface area contributed by atoms with Gasteiger partial charge >= 0.3 is 0 Å². The summed E-state index contributed by atoms with van der Waals surface area (Å²) in [7, 11) is 0. The molecule has 0 fully saturated rings. The molecule has 0 aliphatic rings. The molecular weight excluding hydrogens is 198 g/mol. The summed E-state index contributed by atoms with van der Waals surface area (Å²) in [6, 6.07) is 7.64. The minimum Gasteiger partial charge on any atom is -0.385 e. The lowest BCUT2D eigenvalue weighted by Gasteiger charge is -2.06. The van der Waals surface area contributed by atoms with Gasteiger partial charge in [-0.25, -0.2) is 0 Å². The van der Waals surface area contributed by atoms with E-state index in [4.69, 9.17) is 0 Å². The summed E-state index contributed by atoms with van der Waals surface area (Å²) in [4.78, 5) is 11.6. The van der Waals surface area contributed by atoms with E-state index in [9.17, 15) is 4.79 Å². The van der Waals surface area contributed by atoms with Gasteiger partial charge in [-0.05, 0) is 31.6 Å². The highest BCUT2D eigenvalue weighted by Gasteiger charge is 2.01. The largest absolute Gasteiger partial charge is 0.385 e. The van der Waals surface area contributed by atoms with Gasteiger partial charge in [0, 0.05) is 17.8 Å². The van der Waals surface area contributed by atoms with Crippen LogP contribution in [0.2, 0.25) is 0 Å². The van der Waals surface area contributed by atoms with Gasteiger partial charge in [0.05, 0.1) is 0 Å². The van der Waals surface area contributed by atoms with Crippen LogP contribution in [0.4, 0.5) is 5.69 Å². The van der Waals surface area contributed by atoms with Crippen LogP contribution < -0.4 is 5.32 Å². The quantitative estimate of drug-likeness (QED) is 0.447. The maximum atomic E-state index is 11.6. The standard InChI is InChI=1S/C14H19NO/c1-3-5-10-15-13-9-6-8-12(11-13)14(16)7-4-2/h4,6-9,11,15H,3,5,10H2,1-2H3. The average molecular weight is 217 g/mol. The van der Waals surface area contributed by atoms with E-state index in [0.717, 1.165) is 24.2 Å². The Kier molecular flexibility index (Phi) is 5.34. The molecular formula is C14H19NO. The van der Waals surface area contributed by atoms with E-state index in [1.54, 1.807) is 12.2 Å². The van der Waals surface area contributed by atoms with Crippen molar-refractivity contribution in [1.29, 1.82) is 0 Å². The molecule has 2 heteroatoms. The number of ketones is 1. The first-order valence-corrected chi connectivity index (χ1v) is 5.79. The van der Waals surface area contributed by atoms with Gasteiger partial charge in [0.1, 0.15) is 0 Å². The van der Waals surface area contributed by atoms with Gasteiger partial charge in [0.15, 0.2) is 5.78 Å². The molecule has 0 saturated heterocycles. The molecule has 16 heavy (non-hydrogen) atoms. The van der Waals surface area contributed by atoms with E-state index < -0.39 is 0 Å². The number of rotatable bonds is 6. The monoisotopic (exact) mass is 217 g/mol. The molecule has 0 aliphatic carbocycles. The molecule has 0 heterocycles. The van der Waals surface area contributed by atoms with Crippen molar-refractivity contribution in [3.8, 4) is 0 Å². The van der Waals surface area contributed by atoms with Gasteiger partial charge < -0.3 is 5.32 Å². The molecule has 86 valence electrons. The van der Waals surface area contributed by atoms with Crippen LogP contribution in [0.25, 0.3) is 0 Å². The Morgan fingerprint density at radius 3 is 2.94 bits per heavy atom. The topological polar surface area (TPSA) is 29.1 Å². The lowest BCUT2D eigenvalue weighted by atomic mass is 10.1. The molecule has 1 aromatic rings. The van der Waals surface area contributed by atoms with E-state index >= 15 is 0 Å². The van der Waals surface area contributed by atoms with Crippen molar-refractivity contribution in [3.05, 3.63) is 42.0 Å². The predicted octanol–water partition coefficient (Wildman–Crippen LogP) is 3.66. The molecule has 1 N–H and O–H groups in total. The molecule has 1 rings (SSSR count). The average Bonchev–Trinajstić information content (AvgIpc) is 2.30. The van der Waals surface area contributed by atoms with Crippen molar-refractivity contribution in [3.63, 3.8) is 0 Å². The van der Waals surface area contributed by atoms with E-state index in [1.807, 2.05) is 31.2 Å². The van der Waals surface area contributed by atoms with Crippen LogP contribution in [0.5, 0.6) is 0 Å². The second-order valence-electron chi connectivity index (χ2n) is 3.73. The van der Waals surface area contributed by atoms with Crippen LogP contribution in [0.1, 0.15) is 37.0 Å². The van der Waals surface area contributed by atoms with Gasteiger partial charge in [-0.2, -0.15) is 0 Å². The zero-order valence-electron chi connectivity index (χ0n) is 9.99. The minimum absolute atomic E-state index is 0.0571. The number of hydrogen-bond acceptors (Lipinski definition) is 2. The molecule has 0 amide bonds. The summed E-state index contributed by atoms with van der Waals surface area (Å²) in [6.45, 7) is 4.96. The lowest BCUT2D eigenvalue weighted by molar-refractivity contribution is 0.104. The molecule has 0 aromatic heterocycles. The SMILES string of the molecule is CC=CC(=O)c1cccc(NCCCC)c1. The second-order valence-corrected chi connectivity index (χ2v) is 3.73. The highest BCUT2D eigenvalue weighted by molar-refractivity contribution is 6.04. The van der Waals surface area contributed by atoms with Crippen molar-refractivity contribution in [2.24, 2.45) is 0 Å². The van der Waals surface area contributed by atoms with Crippen LogP contribution >= 0.6 is 0 Å². The summed E-state index contributed by atoms with van der Waals surface area (Å²) in [5.74, 6) is 0.0571. The van der Waals surface area contributed by atoms with E-state index in [-0.39, 0.29) is 5.78 Å². The number of carbonyl (C=O) groups excluding carboxylic acids is 1. The van der Waals surface area contributed by atoms with E-state index in [1.165, 1.54) is 6.42 Å². The maximum Gasteiger partial charge on any atom is 0.185 e. The Morgan fingerprint density at radius 2 is 2.25 bits per heavy atom. The fraction of sp³-hybridized carbons (Fsp3) is 0.357. The molecule has 0 saturated carbocycles. The highest BCUT2D eigenvalue weighted by Crippen LogP contribution is 2.11. The highest BCUT2D eigenvalue weighted by atomic mass is 16.1. The summed E-state index contributed by atoms with van der Waals surface area (Å²) in [5.41, 5.74) is 1.75. The van der Waals surface area contributed by atoms with Crippen molar-refractivity contribution in [2.75, 3.05) is 11.9 Å². The molecule has 0 bridgehead atoms. The molecule has 1 aromatic carbocycles. The minimum atomic E-state index is 0.0571. The van der Waals surface area contributed by atoms with Gasteiger partial charge in [-0.15, -0.1) is 0 Å². The number of benzene rings is 1. The third-order valence-corrected chi connectivity index (χ3v) is 2.32. The Morgan fingerprint density at radius 1 is 1.44 bits per heavy atom. The zero-order valence-corrected chi connectivity index (χ0v) is 9.99. The zero-order chi connectivity index (χ0) is 11.8. The van der Waals surface area contributed by atoms with E-state index in [2.05, 4.69) is 12.2 Å². The van der Waals surface area contributed by atoms with Gasteiger partial charge in [0.25, 0.3) is 0 Å². The third-order valence-electron chi connectivity index (χ3n) is 2.32. The molecule has 0 radical (unpaired) electrons. The van der Waals surface area contributed by atoms with Crippen molar-refractivity contribution >= 4 is 11.5 Å². The van der Waals surface area contributed by atoms with Gasteiger partial charge in [0.2, 0.25) is 0 Å². The van der Waals surface area contributed by atoms with E-state index in [0.29, 0.717) is 0 Å². The fourth-order valence-electron chi connectivity index (χ4n) is 1.44. The number of nitrogens with one attached hydrogen (secondary N) is 1. The van der Waals surface area contributed by atoms with Crippen molar-refractivity contribution in [1.82, 2.24) is 0 Å². The summed E-state index contributed by atoms with van der Waals surface area (Å²) in [5, 5.41) is 3.31. The van der Waals surface area contributed by atoms with Crippen LogP contribution in [-0.4, -0.2) is 12.3 Å². The number of unbranched alkanes of at least 4 members (excludes halogenated alkanes) is 1. The first kappa shape index (κ1) is 12.5. The Labute approximate surface area is 97.4 Å². The van der Waals surface area contributed by atoms with Crippen LogP contribution in [0.15, 0.2) is 36.4 Å². The summed E-state index contributed by atoms with van der Waals surface area (Å²) >= 11 is 0. The lowest BCUT2D eigenvalue weighted by Crippen LogP contribution is -2.02. The maximum absolute atomic E-state index is 11.6. The number of hydrogen-bond donors (Lipinski definition) is 1. The molecule has 0 spiro atoms. The first-order valence-electron chi connectivity index (χ1n) is 5.79. The van der Waals surface area contributed by atoms with Crippen molar-refractivity contribution in [2.45, 2.75) is 26.7 Å².